The number of aromatic nitrogens is 1. The smallest absolute Gasteiger partial charge is 0.161 e. The van der Waals surface area contributed by atoms with E-state index in [9.17, 15) is 0 Å². The van der Waals surface area contributed by atoms with Crippen molar-refractivity contribution in [2.24, 2.45) is 0 Å². The Morgan fingerprint density at radius 3 is 2.60 bits per heavy atom. The molecule has 20 heavy (non-hydrogen) atoms. The number of hydrogen-bond donors (Lipinski definition) is 1. The summed E-state index contributed by atoms with van der Waals surface area (Å²) in [6, 6.07) is 5.54. The average Bonchev–Trinajstić information content (AvgIpc) is 2.47. The number of pyridine rings is 1. The normalized spacial score (nSPS) is 10.2. The van der Waals surface area contributed by atoms with Gasteiger partial charge in [0.05, 0.1) is 31.1 Å². The van der Waals surface area contributed by atoms with Crippen LogP contribution in [0.2, 0.25) is 5.02 Å². The van der Waals surface area contributed by atoms with E-state index in [4.69, 9.17) is 21.1 Å². The number of anilines is 1. The number of ether oxygens (including phenoxy) is 2. The second-order valence-corrected chi connectivity index (χ2v) is 5.27. The van der Waals surface area contributed by atoms with Crippen molar-refractivity contribution in [1.82, 2.24) is 4.98 Å². The summed E-state index contributed by atoms with van der Waals surface area (Å²) >= 11 is 9.60. The molecule has 0 radical (unpaired) electrons. The molecule has 0 saturated heterocycles. The minimum absolute atomic E-state index is 0.590. The van der Waals surface area contributed by atoms with Gasteiger partial charge in [-0.2, -0.15) is 0 Å². The van der Waals surface area contributed by atoms with Gasteiger partial charge in [-0.25, -0.2) is 0 Å². The number of halogens is 2. The number of nitrogens with zero attached hydrogens (tertiary/aromatic N) is 1. The van der Waals surface area contributed by atoms with E-state index in [1.165, 1.54) is 0 Å². The molecule has 0 spiro atoms. The predicted octanol–water partition coefficient (Wildman–Crippen LogP) is 4.13. The molecular weight excluding hydrogens is 344 g/mol. The molecule has 1 aromatic heterocycles. The largest absolute Gasteiger partial charge is 0.493 e. The maximum absolute atomic E-state index is 6.08. The summed E-state index contributed by atoms with van der Waals surface area (Å²) in [5.41, 5.74) is 1.82. The van der Waals surface area contributed by atoms with E-state index in [-0.39, 0.29) is 0 Å². The van der Waals surface area contributed by atoms with E-state index >= 15 is 0 Å². The van der Waals surface area contributed by atoms with Crippen LogP contribution in [0.25, 0.3) is 0 Å². The monoisotopic (exact) mass is 356 g/mol. The topological polar surface area (TPSA) is 43.4 Å². The minimum Gasteiger partial charge on any atom is -0.493 e. The maximum Gasteiger partial charge on any atom is 0.161 e. The van der Waals surface area contributed by atoms with Gasteiger partial charge in [-0.1, -0.05) is 27.5 Å². The van der Waals surface area contributed by atoms with Crippen LogP contribution in [0.1, 0.15) is 5.56 Å². The fourth-order valence-corrected chi connectivity index (χ4v) is 2.36. The second kappa shape index (κ2) is 6.81. The van der Waals surface area contributed by atoms with Gasteiger partial charge in [-0.3, -0.25) is 4.98 Å². The molecule has 0 atom stereocenters. The van der Waals surface area contributed by atoms with Crippen molar-refractivity contribution in [2.45, 2.75) is 6.54 Å². The fraction of sp³-hybridized carbons (Fsp3) is 0.214. The van der Waals surface area contributed by atoms with E-state index < -0.39 is 0 Å². The van der Waals surface area contributed by atoms with Gasteiger partial charge in [0.15, 0.2) is 11.5 Å². The highest BCUT2D eigenvalue weighted by Gasteiger charge is 2.10. The molecule has 0 bridgehead atoms. The molecule has 1 heterocycles. The zero-order valence-corrected chi connectivity index (χ0v) is 13.5. The van der Waals surface area contributed by atoms with E-state index in [0.29, 0.717) is 23.1 Å². The number of rotatable bonds is 5. The van der Waals surface area contributed by atoms with Crippen molar-refractivity contribution in [2.75, 3.05) is 19.5 Å². The van der Waals surface area contributed by atoms with Crippen molar-refractivity contribution >= 4 is 33.2 Å². The lowest BCUT2D eigenvalue weighted by Crippen LogP contribution is -2.02. The number of benzene rings is 1. The van der Waals surface area contributed by atoms with Crippen molar-refractivity contribution in [3.8, 4) is 11.5 Å². The van der Waals surface area contributed by atoms with Gasteiger partial charge in [-0.15, -0.1) is 0 Å². The van der Waals surface area contributed by atoms with Crippen LogP contribution in [0.3, 0.4) is 0 Å². The average molecular weight is 358 g/mol. The van der Waals surface area contributed by atoms with Crippen molar-refractivity contribution in [3.63, 3.8) is 0 Å². The highest BCUT2D eigenvalue weighted by atomic mass is 79.9. The van der Waals surface area contributed by atoms with Gasteiger partial charge in [-0.05, 0) is 23.8 Å². The standard InChI is InChI=1S/C14H14BrClN2O2/c1-19-13-5-9(10(15)6-14(13)20-2)7-18-12-8-17-4-3-11(12)16/h3-6,8,18H,7H2,1-2H3. The fourth-order valence-electron chi connectivity index (χ4n) is 1.73. The van der Waals surface area contributed by atoms with E-state index in [2.05, 4.69) is 26.2 Å². The summed E-state index contributed by atoms with van der Waals surface area (Å²) in [6.45, 7) is 0.590. The molecule has 4 nitrogen and oxygen atoms in total. The lowest BCUT2D eigenvalue weighted by molar-refractivity contribution is 0.354. The summed E-state index contributed by atoms with van der Waals surface area (Å²) in [5.74, 6) is 1.37. The number of hydrogen-bond acceptors (Lipinski definition) is 4. The van der Waals surface area contributed by atoms with Gasteiger partial charge in [0.2, 0.25) is 0 Å². The first kappa shape index (κ1) is 14.9. The molecule has 1 aromatic carbocycles. The summed E-state index contributed by atoms with van der Waals surface area (Å²) < 4.78 is 11.5. The molecule has 2 aromatic rings. The number of methoxy groups -OCH3 is 2. The summed E-state index contributed by atoms with van der Waals surface area (Å²) in [4.78, 5) is 4.04. The Labute approximate surface area is 131 Å². The quantitative estimate of drug-likeness (QED) is 0.874. The summed E-state index contributed by atoms with van der Waals surface area (Å²) in [5, 5.41) is 3.87. The van der Waals surface area contributed by atoms with Crippen LogP contribution < -0.4 is 14.8 Å². The zero-order chi connectivity index (χ0) is 14.5. The Hall–Kier alpha value is -1.46. The third-order valence-electron chi connectivity index (χ3n) is 2.79. The van der Waals surface area contributed by atoms with E-state index in [0.717, 1.165) is 15.7 Å². The molecule has 0 aliphatic rings. The zero-order valence-electron chi connectivity index (χ0n) is 11.1. The van der Waals surface area contributed by atoms with Gasteiger partial charge in [0.25, 0.3) is 0 Å². The van der Waals surface area contributed by atoms with Crippen LogP contribution in [0.5, 0.6) is 11.5 Å². The first-order chi connectivity index (χ1) is 9.65. The Morgan fingerprint density at radius 2 is 1.95 bits per heavy atom. The summed E-state index contributed by atoms with van der Waals surface area (Å²) in [7, 11) is 3.22. The first-order valence-corrected chi connectivity index (χ1v) is 7.06. The molecule has 0 unspecified atom stereocenters. The van der Waals surface area contributed by atoms with Gasteiger partial charge in [0.1, 0.15) is 0 Å². The third kappa shape index (κ3) is 3.35. The molecule has 0 aliphatic carbocycles. The van der Waals surface area contributed by atoms with Gasteiger partial charge < -0.3 is 14.8 Å². The molecular formula is C14H14BrClN2O2. The number of nitrogens with one attached hydrogen (secondary N) is 1. The SMILES string of the molecule is COc1cc(Br)c(CNc2cnccc2Cl)cc1OC. The molecule has 6 heteroatoms. The van der Waals surface area contributed by atoms with Crippen LogP contribution >= 0.6 is 27.5 Å². The van der Waals surface area contributed by atoms with Gasteiger partial charge in [0, 0.05) is 17.2 Å². The molecule has 106 valence electrons. The molecule has 2 rings (SSSR count). The van der Waals surface area contributed by atoms with Crippen LogP contribution in [0.4, 0.5) is 5.69 Å². The lowest BCUT2D eigenvalue weighted by Gasteiger charge is -2.13. The first-order valence-electron chi connectivity index (χ1n) is 5.89. The predicted molar refractivity (Wildman–Crippen MR) is 83.8 cm³/mol. The highest BCUT2D eigenvalue weighted by molar-refractivity contribution is 9.10. The Kier molecular flexibility index (Phi) is 5.09. The maximum atomic E-state index is 6.08. The van der Waals surface area contributed by atoms with Crippen LogP contribution in [-0.2, 0) is 6.54 Å². The second-order valence-electron chi connectivity index (χ2n) is 4.01. The third-order valence-corrected chi connectivity index (χ3v) is 3.86. The van der Waals surface area contributed by atoms with E-state index in [1.54, 1.807) is 32.7 Å². The van der Waals surface area contributed by atoms with Gasteiger partial charge >= 0.3 is 0 Å². The van der Waals surface area contributed by atoms with Crippen LogP contribution in [0.15, 0.2) is 35.1 Å². The van der Waals surface area contributed by atoms with Crippen molar-refractivity contribution < 1.29 is 9.47 Å². The Balaban J connectivity index is 2.19. The molecule has 0 fully saturated rings. The van der Waals surface area contributed by atoms with Crippen molar-refractivity contribution in [1.29, 1.82) is 0 Å². The molecule has 0 saturated carbocycles. The van der Waals surface area contributed by atoms with Crippen LogP contribution in [0, 0.1) is 0 Å². The molecule has 1 N–H and O–H groups in total. The highest BCUT2D eigenvalue weighted by Crippen LogP contribution is 2.33. The van der Waals surface area contributed by atoms with E-state index in [1.807, 2.05) is 12.1 Å². The van der Waals surface area contributed by atoms with Crippen LogP contribution in [-0.4, -0.2) is 19.2 Å². The summed E-state index contributed by atoms with van der Waals surface area (Å²) in [6.07, 6.45) is 3.34. The lowest BCUT2D eigenvalue weighted by atomic mass is 10.2. The molecule has 0 amide bonds. The van der Waals surface area contributed by atoms with Crippen molar-refractivity contribution in [3.05, 3.63) is 45.7 Å². The minimum atomic E-state index is 0.590. The Bertz CT molecular complexity index is 608. The Morgan fingerprint density at radius 1 is 1.25 bits per heavy atom. The molecule has 0 aliphatic heterocycles.